The molecule has 146 valence electrons. The topological polar surface area (TPSA) is 74.9 Å². The standard InChI is InChI=1S/C21H22FN3O2S/c1-13(2)14(3)25-12-19(17-7-5-15(11-23)9-20(17)22)18-8-6-16(10-21(18)25)24-28(4,26)27/h5-10,12-14,24H,1-4H3. The van der Waals surface area contributed by atoms with Crippen molar-refractivity contribution in [3.63, 3.8) is 0 Å². The lowest BCUT2D eigenvalue weighted by molar-refractivity contribution is 0.419. The summed E-state index contributed by atoms with van der Waals surface area (Å²) in [5.74, 6) is -0.144. The number of rotatable bonds is 5. The molecule has 0 aliphatic rings. The Morgan fingerprint density at radius 3 is 2.39 bits per heavy atom. The summed E-state index contributed by atoms with van der Waals surface area (Å²) in [6.07, 6.45) is 2.99. The fraction of sp³-hybridized carbons (Fsp3) is 0.286. The molecule has 0 aliphatic heterocycles. The number of nitriles is 1. The Morgan fingerprint density at radius 2 is 1.82 bits per heavy atom. The molecule has 0 bridgehead atoms. The van der Waals surface area contributed by atoms with Crippen molar-refractivity contribution in [2.45, 2.75) is 26.8 Å². The van der Waals surface area contributed by atoms with E-state index in [-0.39, 0.29) is 11.6 Å². The van der Waals surface area contributed by atoms with Gasteiger partial charge < -0.3 is 4.57 Å². The fourth-order valence-corrected chi connectivity index (χ4v) is 3.76. The van der Waals surface area contributed by atoms with E-state index in [0.29, 0.717) is 22.7 Å². The molecule has 5 nitrogen and oxygen atoms in total. The summed E-state index contributed by atoms with van der Waals surface area (Å²) in [6, 6.07) is 11.7. The molecule has 1 heterocycles. The average molecular weight is 399 g/mol. The Labute approximate surface area is 164 Å². The third kappa shape index (κ3) is 3.87. The minimum atomic E-state index is -3.40. The van der Waals surface area contributed by atoms with Crippen LogP contribution in [0, 0.1) is 23.1 Å². The molecular formula is C21H22FN3O2S. The molecule has 2 aromatic carbocycles. The van der Waals surface area contributed by atoms with Crippen molar-refractivity contribution < 1.29 is 12.8 Å². The normalized spacial score (nSPS) is 12.9. The molecule has 0 saturated heterocycles. The van der Waals surface area contributed by atoms with Gasteiger partial charge >= 0.3 is 0 Å². The number of nitrogens with one attached hydrogen (secondary N) is 1. The zero-order valence-electron chi connectivity index (χ0n) is 16.2. The second kappa shape index (κ2) is 7.28. The highest BCUT2D eigenvalue weighted by molar-refractivity contribution is 7.92. The van der Waals surface area contributed by atoms with E-state index >= 15 is 0 Å². The molecule has 0 fully saturated rings. The van der Waals surface area contributed by atoms with Crippen LogP contribution in [0.3, 0.4) is 0 Å². The molecule has 1 aromatic heterocycles. The summed E-state index contributed by atoms with van der Waals surface area (Å²) in [6.45, 7) is 6.26. The van der Waals surface area contributed by atoms with Gasteiger partial charge in [0.15, 0.2) is 0 Å². The molecular weight excluding hydrogens is 377 g/mol. The minimum absolute atomic E-state index is 0.117. The largest absolute Gasteiger partial charge is 0.344 e. The summed E-state index contributed by atoms with van der Waals surface area (Å²) >= 11 is 0. The third-order valence-corrected chi connectivity index (χ3v) is 5.54. The van der Waals surface area contributed by atoms with Gasteiger partial charge in [-0.3, -0.25) is 4.72 Å². The number of anilines is 1. The lowest BCUT2D eigenvalue weighted by Crippen LogP contribution is -2.11. The van der Waals surface area contributed by atoms with Gasteiger partial charge in [0.2, 0.25) is 10.0 Å². The summed E-state index contributed by atoms with van der Waals surface area (Å²) < 4.78 is 42.4. The number of benzene rings is 2. The molecule has 1 N–H and O–H groups in total. The maximum atomic E-state index is 14.7. The van der Waals surface area contributed by atoms with E-state index in [1.165, 1.54) is 6.07 Å². The number of hydrogen-bond donors (Lipinski definition) is 1. The van der Waals surface area contributed by atoms with E-state index in [2.05, 4.69) is 25.5 Å². The van der Waals surface area contributed by atoms with Crippen LogP contribution in [0.5, 0.6) is 0 Å². The first-order valence-corrected chi connectivity index (χ1v) is 10.8. The van der Waals surface area contributed by atoms with Gasteiger partial charge in [0.05, 0.1) is 29.1 Å². The van der Waals surface area contributed by atoms with Crippen molar-refractivity contribution in [3.8, 4) is 17.2 Å². The van der Waals surface area contributed by atoms with Gasteiger partial charge in [-0.1, -0.05) is 26.0 Å². The van der Waals surface area contributed by atoms with Crippen LogP contribution in [0.25, 0.3) is 22.0 Å². The number of hydrogen-bond acceptors (Lipinski definition) is 3. The Bertz CT molecular complexity index is 1190. The summed E-state index contributed by atoms with van der Waals surface area (Å²) in [5.41, 5.74) is 2.64. The third-order valence-electron chi connectivity index (χ3n) is 4.93. The van der Waals surface area contributed by atoms with E-state index in [1.54, 1.807) is 30.3 Å². The van der Waals surface area contributed by atoms with Crippen LogP contribution in [-0.4, -0.2) is 19.2 Å². The lowest BCUT2D eigenvalue weighted by atomic mass is 10.0. The number of aromatic nitrogens is 1. The monoisotopic (exact) mass is 399 g/mol. The molecule has 7 heteroatoms. The second-order valence-electron chi connectivity index (χ2n) is 7.35. The Hall–Kier alpha value is -2.85. The number of sulfonamides is 1. The average Bonchev–Trinajstić information content (AvgIpc) is 2.97. The van der Waals surface area contributed by atoms with Gasteiger partial charge in [0, 0.05) is 28.8 Å². The van der Waals surface area contributed by atoms with Gasteiger partial charge in [0.1, 0.15) is 5.82 Å². The van der Waals surface area contributed by atoms with E-state index in [4.69, 9.17) is 5.26 Å². The zero-order chi connectivity index (χ0) is 20.6. The van der Waals surface area contributed by atoms with Gasteiger partial charge in [0.25, 0.3) is 0 Å². The maximum absolute atomic E-state index is 14.7. The van der Waals surface area contributed by atoms with Gasteiger partial charge in [-0.15, -0.1) is 0 Å². The van der Waals surface area contributed by atoms with Crippen molar-refractivity contribution in [1.82, 2.24) is 4.57 Å². The van der Waals surface area contributed by atoms with E-state index < -0.39 is 15.8 Å². The number of halogens is 1. The molecule has 3 aromatic rings. The molecule has 0 radical (unpaired) electrons. The Balaban J connectivity index is 2.26. The van der Waals surface area contributed by atoms with Crippen LogP contribution < -0.4 is 4.72 Å². The summed E-state index contributed by atoms with van der Waals surface area (Å²) in [5, 5.41) is 9.79. The summed E-state index contributed by atoms with van der Waals surface area (Å²) in [4.78, 5) is 0. The lowest BCUT2D eigenvalue weighted by Gasteiger charge is -2.19. The molecule has 0 aliphatic carbocycles. The van der Waals surface area contributed by atoms with Crippen LogP contribution in [0.2, 0.25) is 0 Å². The van der Waals surface area contributed by atoms with Crippen LogP contribution in [0.1, 0.15) is 32.4 Å². The van der Waals surface area contributed by atoms with Gasteiger partial charge in [-0.2, -0.15) is 5.26 Å². The predicted octanol–water partition coefficient (Wildman–Crippen LogP) is 4.91. The molecule has 0 saturated carbocycles. The van der Waals surface area contributed by atoms with Crippen LogP contribution >= 0.6 is 0 Å². The quantitative estimate of drug-likeness (QED) is 0.662. The van der Waals surface area contributed by atoms with Crippen LogP contribution in [0.15, 0.2) is 42.6 Å². The molecule has 0 amide bonds. The van der Waals surface area contributed by atoms with Gasteiger partial charge in [-0.05, 0) is 37.1 Å². The highest BCUT2D eigenvalue weighted by atomic mass is 32.2. The number of nitrogens with zero attached hydrogens (tertiary/aromatic N) is 2. The van der Waals surface area contributed by atoms with Crippen molar-refractivity contribution in [1.29, 1.82) is 5.26 Å². The molecule has 28 heavy (non-hydrogen) atoms. The van der Waals surface area contributed by atoms with Gasteiger partial charge in [-0.25, -0.2) is 12.8 Å². The van der Waals surface area contributed by atoms with E-state index in [9.17, 15) is 12.8 Å². The highest BCUT2D eigenvalue weighted by Crippen LogP contribution is 2.37. The SMILES string of the molecule is CC(C)C(C)n1cc(-c2ccc(C#N)cc2F)c2ccc(NS(C)(=O)=O)cc21. The van der Waals surface area contributed by atoms with Crippen molar-refractivity contribution in [2.24, 2.45) is 5.92 Å². The van der Waals surface area contributed by atoms with E-state index in [1.807, 2.05) is 16.8 Å². The van der Waals surface area contributed by atoms with Crippen molar-refractivity contribution in [2.75, 3.05) is 11.0 Å². The molecule has 1 atom stereocenters. The summed E-state index contributed by atoms with van der Waals surface area (Å²) in [7, 11) is -3.40. The number of fused-ring (bicyclic) bond motifs is 1. The minimum Gasteiger partial charge on any atom is -0.344 e. The van der Waals surface area contributed by atoms with Crippen molar-refractivity contribution in [3.05, 3.63) is 54.0 Å². The molecule has 3 rings (SSSR count). The maximum Gasteiger partial charge on any atom is 0.229 e. The first-order valence-electron chi connectivity index (χ1n) is 8.93. The fourth-order valence-electron chi connectivity index (χ4n) is 3.20. The Kier molecular flexibility index (Phi) is 5.18. The van der Waals surface area contributed by atoms with Crippen LogP contribution in [0.4, 0.5) is 10.1 Å². The zero-order valence-corrected chi connectivity index (χ0v) is 17.0. The van der Waals surface area contributed by atoms with Crippen molar-refractivity contribution >= 4 is 26.6 Å². The van der Waals surface area contributed by atoms with Crippen LogP contribution in [-0.2, 0) is 10.0 Å². The predicted molar refractivity (Wildman–Crippen MR) is 110 cm³/mol. The first kappa shape index (κ1) is 19.9. The first-order chi connectivity index (χ1) is 13.1. The molecule has 1 unspecified atom stereocenters. The molecule has 0 spiro atoms. The second-order valence-corrected chi connectivity index (χ2v) is 9.10. The highest BCUT2D eigenvalue weighted by Gasteiger charge is 2.19. The Morgan fingerprint density at radius 1 is 1.11 bits per heavy atom. The van der Waals surface area contributed by atoms with E-state index in [0.717, 1.165) is 17.2 Å². The smallest absolute Gasteiger partial charge is 0.229 e.